The first-order valence-electron chi connectivity index (χ1n) is 8.57. The quantitative estimate of drug-likeness (QED) is 0.705. The average Bonchev–Trinajstić information content (AvgIpc) is 3.33. The Labute approximate surface area is 155 Å². The van der Waals surface area contributed by atoms with Crippen molar-refractivity contribution in [2.45, 2.75) is 32.6 Å². The molecule has 8 heteroatoms. The second kappa shape index (κ2) is 6.95. The van der Waals surface area contributed by atoms with Crippen LogP contribution in [0.15, 0.2) is 28.4 Å². The van der Waals surface area contributed by atoms with Crippen molar-refractivity contribution in [3.8, 4) is 11.3 Å². The smallest absolute Gasteiger partial charge is 0.256 e. The van der Waals surface area contributed by atoms with Gasteiger partial charge in [0.1, 0.15) is 5.82 Å². The van der Waals surface area contributed by atoms with Crippen molar-refractivity contribution in [3.05, 3.63) is 46.6 Å². The molecule has 4 rings (SSSR count). The monoisotopic (exact) mass is 369 g/mol. The second-order valence-corrected chi connectivity index (χ2v) is 7.19. The van der Waals surface area contributed by atoms with Gasteiger partial charge in [0.05, 0.1) is 28.7 Å². The van der Waals surface area contributed by atoms with Crippen LogP contribution in [-0.2, 0) is 0 Å². The van der Waals surface area contributed by atoms with E-state index in [0.717, 1.165) is 35.6 Å². The molecule has 3 aromatic heterocycles. The van der Waals surface area contributed by atoms with Crippen molar-refractivity contribution in [1.29, 1.82) is 0 Å². The van der Waals surface area contributed by atoms with Crippen molar-refractivity contribution < 1.29 is 9.32 Å². The molecule has 0 unspecified atom stereocenters. The average molecular weight is 369 g/mol. The number of hydrogen-bond acceptors (Lipinski definition) is 7. The Morgan fingerprint density at radius 1 is 1.27 bits per heavy atom. The van der Waals surface area contributed by atoms with Crippen LogP contribution in [0.1, 0.15) is 46.3 Å². The highest BCUT2D eigenvalue weighted by Crippen LogP contribution is 2.34. The first-order valence-corrected chi connectivity index (χ1v) is 9.41. The molecule has 0 aromatic carbocycles. The minimum atomic E-state index is 0.0575. The Morgan fingerprint density at radius 3 is 2.73 bits per heavy atom. The number of rotatable bonds is 3. The second-order valence-electron chi connectivity index (χ2n) is 6.53. The van der Waals surface area contributed by atoms with Crippen molar-refractivity contribution in [2.75, 3.05) is 13.1 Å². The molecule has 0 bridgehead atoms. The van der Waals surface area contributed by atoms with E-state index in [1.165, 1.54) is 11.5 Å². The van der Waals surface area contributed by atoms with Crippen LogP contribution in [-0.4, -0.2) is 43.4 Å². The predicted octanol–water partition coefficient (Wildman–Crippen LogP) is 3.22. The van der Waals surface area contributed by atoms with Gasteiger partial charge in [-0.3, -0.25) is 4.79 Å². The van der Waals surface area contributed by atoms with E-state index in [0.29, 0.717) is 24.4 Å². The third kappa shape index (κ3) is 3.24. The van der Waals surface area contributed by atoms with Crippen molar-refractivity contribution in [3.63, 3.8) is 0 Å². The van der Waals surface area contributed by atoms with Crippen molar-refractivity contribution in [1.82, 2.24) is 24.4 Å². The Kier molecular flexibility index (Phi) is 4.50. The van der Waals surface area contributed by atoms with E-state index in [-0.39, 0.29) is 11.8 Å². The zero-order chi connectivity index (χ0) is 18.1. The molecule has 1 saturated heterocycles. The highest BCUT2D eigenvalue weighted by Gasteiger charge is 2.28. The largest absolute Gasteiger partial charge is 0.356 e. The van der Waals surface area contributed by atoms with Gasteiger partial charge < -0.3 is 9.42 Å². The highest BCUT2D eigenvalue weighted by atomic mass is 32.1. The standard InChI is InChI=1S/C18H19N5O2S/c1-11-7-16(25-22-11)15-9-19-12(2)21-17(15)13-3-5-23(6-4-13)18(24)14-8-20-26-10-14/h7-10,13H,3-6H2,1-2H3. The van der Waals surface area contributed by atoms with E-state index < -0.39 is 0 Å². The number of amides is 1. The molecule has 26 heavy (non-hydrogen) atoms. The van der Waals surface area contributed by atoms with E-state index in [4.69, 9.17) is 9.51 Å². The molecule has 1 aliphatic rings. The Balaban J connectivity index is 1.54. The molecule has 0 radical (unpaired) electrons. The van der Waals surface area contributed by atoms with Gasteiger partial charge in [0.15, 0.2) is 5.76 Å². The summed E-state index contributed by atoms with van der Waals surface area (Å²) in [5.74, 6) is 1.76. The Bertz CT molecular complexity index is 914. The molecule has 0 spiro atoms. The van der Waals surface area contributed by atoms with Gasteiger partial charge in [-0.05, 0) is 38.2 Å². The van der Waals surface area contributed by atoms with E-state index in [1.54, 1.807) is 11.6 Å². The van der Waals surface area contributed by atoms with Crippen LogP contribution < -0.4 is 0 Å². The topological polar surface area (TPSA) is 85.0 Å². The molecule has 0 atom stereocenters. The summed E-state index contributed by atoms with van der Waals surface area (Å²) in [7, 11) is 0. The molecule has 1 aliphatic heterocycles. The summed E-state index contributed by atoms with van der Waals surface area (Å²) in [6, 6.07) is 1.90. The summed E-state index contributed by atoms with van der Waals surface area (Å²) in [6.45, 7) is 5.20. The maximum Gasteiger partial charge on any atom is 0.256 e. The third-order valence-electron chi connectivity index (χ3n) is 4.68. The summed E-state index contributed by atoms with van der Waals surface area (Å²) in [5.41, 5.74) is 3.38. The minimum absolute atomic E-state index is 0.0575. The Hall–Kier alpha value is -2.61. The molecule has 0 N–H and O–H groups in total. The fraction of sp³-hybridized carbons (Fsp3) is 0.389. The number of nitrogens with zero attached hydrogens (tertiary/aromatic N) is 5. The van der Waals surface area contributed by atoms with E-state index >= 15 is 0 Å². The molecular formula is C18H19N5O2S. The fourth-order valence-corrected chi connectivity index (χ4v) is 3.84. The van der Waals surface area contributed by atoms with Gasteiger partial charge in [0.2, 0.25) is 0 Å². The molecular weight excluding hydrogens is 350 g/mol. The lowest BCUT2D eigenvalue weighted by atomic mass is 9.90. The van der Waals surface area contributed by atoms with E-state index in [9.17, 15) is 4.79 Å². The maximum atomic E-state index is 12.5. The zero-order valence-electron chi connectivity index (χ0n) is 14.7. The number of hydrogen-bond donors (Lipinski definition) is 0. The van der Waals surface area contributed by atoms with Gasteiger partial charge >= 0.3 is 0 Å². The summed E-state index contributed by atoms with van der Waals surface area (Å²) < 4.78 is 9.45. The van der Waals surface area contributed by atoms with Gasteiger partial charge in [-0.2, -0.15) is 0 Å². The first-order chi connectivity index (χ1) is 12.6. The normalized spacial score (nSPS) is 15.4. The van der Waals surface area contributed by atoms with Gasteiger partial charge in [-0.15, -0.1) is 0 Å². The lowest BCUT2D eigenvalue weighted by Gasteiger charge is -2.32. The SMILES string of the molecule is Cc1cc(-c2cnc(C)nc2C2CCN(C(=O)c3cnsc3)CC2)on1. The van der Waals surface area contributed by atoms with Crippen LogP contribution in [0.5, 0.6) is 0 Å². The number of aryl methyl sites for hydroxylation is 2. The first kappa shape index (κ1) is 16.8. The molecule has 134 valence electrons. The number of carbonyl (C=O) groups is 1. The number of likely N-dealkylation sites (tertiary alicyclic amines) is 1. The maximum absolute atomic E-state index is 12.5. The summed E-state index contributed by atoms with van der Waals surface area (Å²) in [4.78, 5) is 23.4. The molecule has 0 saturated carbocycles. The molecule has 1 amide bonds. The highest BCUT2D eigenvalue weighted by molar-refractivity contribution is 7.03. The molecule has 7 nitrogen and oxygen atoms in total. The molecule has 1 fully saturated rings. The van der Waals surface area contributed by atoms with E-state index in [2.05, 4.69) is 14.5 Å². The van der Waals surface area contributed by atoms with Gasteiger partial charge in [-0.1, -0.05) is 5.16 Å². The van der Waals surface area contributed by atoms with E-state index in [1.807, 2.05) is 31.0 Å². The van der Waals surface area contributed by atoms with Crippen LogP contribution in [0.4, 0.5) is 0 Å². The molecule has 0 aliphatic carbocycles. The van der Waals surface area contributed by atoms with Crippen molar-refractivity contribution in [2.24, 2.45) is 0 Å². The minimum Gasteiger partial charge on any atom is -0.356 e. The predicted molar refractivity (Wildman–Crippen MR) is 97.0 cm³/mol. The summed E-state index contributed by atoms with van der Waals surface area (Å²) in [6.07, 6.45) is 5.17. The lowest BCUT2D eigenvalue weighted by Crippen LogP contribution is -2.38. The molecule has 3 aromatic rings. The van der Waals surface area contributed by atoms with Crippen LogP contribution in [0.2, 0.25) is 0 Å². The van der Waals surface area contributed by atoms with Gasteiger partial charge in [0.25, 0.3) is 5.91 Å². The van der Waals surface area contributed by atoms with Crippen LogP contribution in [0.3, 0.4) is 0 Å². The van der Waals surface area contributed by atoms with Crippen molar-refractivity contribution >= 4 is 17.4 Å². The van der Waals surface area contributed by atoms with Gasteiger partial charge in [0, 0.05) is 36.7 Å². The number of piperidine rings is 1. The number of carbonyl (C=O) groups excluding carboxylic acids is 1. The molecule has 4 heterocycles. The van der Waals surface area contributed by atoms with Crippen LogP contribution in [0.25, 0.3) is 11.3 Å². The third-order valence-corrected chi connectivity index (χ3v) is 5.27. The Morgan fingerprint density at radius 2 is 2.08 bits per heavy atom. The van der Waals surface area contributed by atoms with Crippen LogP contribution in [0, 0.1) is 13.8 Å². The van der Waals surface area contributed by atoms with Crippen LogP contribution >= 0.6 is 11.5 Å². The summed E-state index contributed by atoms with van der Waals surface area (Å²) >= 11 is 1.30. The lowest BCUT2D eigenvalue weighted by molar-refractivity contribution is 0.0712. The van der Waals surface area contributed by atoms with Gasteiger partial charge in [-0.25, -0.2) is 14.3 Å². The number of aromatic nitrogens is 4. The summed E-state index contributed by atoms with van der Waals surface area (Å²) in [5, 5.41) is 5.78. The zero-order valence-corrected chi connectivity index (χ0v) is 15.5. The fourth-order valence-electron chi connectivity index (χ4n) is 3.33.